The number of carbonyl (C=O) groups excluding carboxylic acids is 2. The number of aromatic nitrogens is 1. The van der Waals surface area contributed by atoms with Crippen LogP contribution in [0.1, 0.15) is 60.3 Å². The number of carbonyl (C=O) groups is 3. The largest absolute Gasteiger partial charge is 0.478 e. The first-order valence-corrected chi connectivity index (χ1v) is 14.1. The maximum atomic E-state index is 14.9. The van der Waals surface area contributed by atoms with Crippen LogP contribution in [0.5, 0.6) is 0 Å². The van der Waals surface area contributed by atoms with Crippen LogP contribution in [0.25, 0.3) is 16.7 Å². The molecule has 2 unspecified atom stereocenters. The van der Waals surface area contributed by atoms with Crippen molar-refractivity contribution < 1.29 is 23.9 Å². The summed E-state index contributed by atoms with van der Waals surface area (Å²) in [5.41, 5.74) is 3.40. The second-order valence-corrected chi connectivity index (χ2v) is 11.3. The number of amides is 2. The molecule has 10 heteroatoms. The molecule has 3 heterocycles. The van der Waals surface area contributed by atoms with E-state index < -0.39 is 11.8 Å². The Balaban J connectivity index is 1.54. The first-order chi connectivity index (χ1) is 19.1. The van der Waals surface area contributed by atoms with Gasteiger partial charge in [-0.2, -0.15) is 0 Å². The van der Waals surface area contributed by atoms with Gasteiger partial charge < -0.3 is 15.3 Å². The van der Waals surface area contributed by atoms with E-state index >= 15 is 0 Å². The highest BCUT2D eigenvalue weighted by atomic mass is 79.9. The third-order valence-corrected chi connectivity index (χ3v) is 8.42. The Hall–Kier alpha value is -3.56. The topological polar surface area (TPSA) is 99.6 Å². The van der Waals surface area contributed by atoms with Crippen LogP contribution in [-0.4, -0.2) is 39.3 Å². The minimum absolute atomic E-state index is 0.0109. The number of nitrogens with zero attached hydrogens (tertiary/aromatic N) is 2. The summed E-state index contributed by atoms with van der Waals surface area (Å²) >= 11 is 9.40. The van der Waals surface area contributed by atoms with E-state index in [9.17, 15) is 23.9 Å². The Bertz CT molecular complexity index is 1560. The van der Waals surface area contributed by atoms with Crippen molar-refractivity contribution in [2.24, 2.45) is 5.92 Å². The van der Waals surface area contributed by atoms with Gasteiger partial charge in [0.15, 0.2) is 0 Å². The molecular weight excluding hydrogens is 601 g/mol. The zero-order valence-corrected chi connectivity index (χ0v) is 23.9. The van der Waals surface area contributed by atoms with Gasteiger partial charge in [0, 0.05) is 46.0 Å². The fourth-order valence-corrected chi connectivity index (χ4v) is 6.00. The molecule has 206 valence electrons. The van der Waals surface area contributed by atoms with E-state index in [-0.39, 0.29) is 39.9 Å². The minimum atomic E-state index is -1.09. The molecule has 5 rings (SSSR count). The Morgan fingerprint density at radius 1 is 1.18 bits per heavy atom. The molecule has 7 nitrogen and oxygen atoms in total. The number of halogens is 3. The van der Waals surface area contributed by atoms with Crippen molar-refractivity contribution in [1.29, 1.82) is 0 Å². The lowest BCUT2D eigenvalue weighted by Gasteiger charge is -2.34. The summed E-state index contributed by atoms with van der Waals surface area (Å²) in [6, 6.07) is 11.0. The Morgan fingerprint density at radius 2 is 1.98 bits per heavy atom. The van der Waals surface area contributed by atoms with Crippen molar-refractivity contribution in [2.45, 2.75) is 38.6 Å². The van der Waals surface area contributed by atoms with E-state index in [0.717, 1.165) is 5.56 Å². The quantitative estimate of drug-likeness (QED) is 0.302. The van der Waals surface area contributed by atoms with Gasteiger partial charge in [0.1, 0.15) is 5.82 Å². The van der Waals surface area contributed by atoms with Crippen molar-refractivity contribution in [3.05, 3.63) is 86.9 Å². The zero-order chi connectivity index (χ0) is 28.6. The van der Waals surface area contributed by atoms with Gasteiger partial charge in [0.25, 0.3) is 0 Å². The van der Waals surface area contributed by atoms with Gasteiger partial charge >= 0.3 is 5.97 Å². The van der Waals surface area contributed by atoms with E-state index in [1.54, 1.807) is 29.3 Å². The lowest BCUT2D eigenvalue weighted by molar-refractivity contribution is -0.129. The molecule has 0 spiro atoms. The van der Waals surface area contributed by atoms with E-state index in [1.165, 1.54) is 24.3 Å². The minimum Gasteiger partial charge on any atom is -0.478 e. The maximum Gasteiger partial charge on any atom is 0.335 e. The number of aromatic carboxylic acids is 1. The average Bonchev–Trinajstić information content (AvgIpc) is 2.93. The van der Waals surface area contributed by atoms with Crippen LogP contribution in [-0.2, 0) is 9.59 Å². The smallest absolute Gasteiger partial charge is 0.335 e. The molecule has 0 saturated heterocycles. The van der Waals surface area contributed by atoms with Crippen LogP contribution in [0.15, 0.2) is 59.2 Å². The van der Waals surface area contributed by atoms with Crippen LogP contribution in [0.4, 0.5) is 10.1 Å². The van der Waals surface area contributed by atoms with Crippen molar-refractivity contribution >= 4 is 56.6 Å². The molecule has 40 heavy (non-hydrogen) atoms. The van der Waals surface area contributed by atoms with E-state index in [4.69, 9.17) is 11.6 Å². The zero-order valence-electron chi connectivity index (χ0n) is 21.6. The summed E-state index contributed by atoms with van der Waals surface area (Å²) in [6.45, 7) is 2.18. The van der Waals surface area contributed by atoms with Gasteiger partial charge in [-0.1, -0.05) is 46.9 Å². The molecule has 3 aromatic rings. The van der Waals surface area contributed by atoms with Crippen LogP contribution < -0.4 is 5.32 Å². The maximum absolute atomic E-state index is 14.9. The van der Waals surface area contributed by atoms with Crippen molar-refractivity contribution in [1.82, 2.24) is 9.88 Å². The Labute approximate surface area is 244 Å². The third-order valence-electron chi connectivity index (χ3n) is 7.46. The van der Waals surface area contributed by atoms with E-state index in [1.807, 2.05) is 13.0 Å². The van der Waals surface area contributed by atoms with Crippen LogP contribution in [0.2, 0.25) is 5.02 Å². The molecule has 0 saturated carbocycles. The molecule has 1 aromatic heterocycles. The molecule has 2 aliphatic rings. The number of nitrogens with one attached hydrogen (secondary N) is 1. The predicted molar refractivity (Wildman–Crippen MR) is 154 cm³/mol. The molecule has 0 aliphatic carbocycles. The summed E-state index contributed by atoms with van der Waals surface area (Å²) in [6.07, 6.45) is 5.35. The molecular formula is C30H26BrClFN3O4. The predicted octanol–water partition coefficient (Wildman–Crippen LogP) is 7.12. The number of benzene rings is 2. The molecule has 2 N–H and O–H groups in total. The van der Waals surface area contributed by atoms with Gasteiger partial charge in [0.2, 0.25) is 11.8 Å². The molecule has 2 atom stereocenters. The van der Waals surface area contributed by atoms with Crippen LogP contribution in [0.3, 0.4) is 0 Å². The van der Waals surface area contributed by atoms with Crippen LogP contribution >= 0.6 is 27.5 Å². The van der Waals surface area contributed by atoms with Crippen molar-refractivity contribution in [3.63, 3.8) is 0 Å². The van der Waals surface area contributed by atoms with Crippen molar-refractivity contribution in [3.8, 4) is 11.1 Å². The SMILES string of the molecule is CC1CCCC(N2CCC(c3c(Br)ccc(Cl)c3F)=CC2=O)c2cc(ccn2)-c2ccc(C(=O)O)cc2NC1=O. The first kappa shape index (κ1) is 28.0. The van der Waals surface area contributed by atoms with Gasteiger partial charge in [-0.05, 0) is 66.8 Å². The average molecular weight is 627 g/mol. The standard InChI is InChI=1S/C30H26BrClFN3O4/c1-16-3-2-4-25(36-12-10-18(15-26(36)37)27-21(31)7-8-22(32)28(27)33)24-13-17(9-11-34-24)20-6-5-19(30(39)40)14-23(20)35-29(16)38/h5-9,11,13-16,25H,2-4,10,12H2,1H3,(H,35,38)(H,39,40). The highest BCUT2D eigenvalue weighted by Gasteiger charge is 2.31. The third kappa shape index (κ3) is 5.53. The number of hydrogen-bond donors (Lipinski definition) is 2. The lowest BCUT2D eigenvalue weighted by Crippen LogP contribution is -2.38. The number of rotatable bonds is 3. The molecule has 2 aromatic carbocycles. The summed E-state index contributed by atoms with van der Waals surface area (Å²) < 4.78 is 15.4. The first-order valence-electron chi connectivity index (χ1n) is 12.9. The fraction of sp³-hybridized carbons (Fsp3) is 0.267. The summed E-state index contributed by atoms with van der Waals surface area (Å²) in [4.78, 5) is 44.5. The normalized spacial score (nSPS) is 19.6. The summed E-state index contributed by atoms with van der Waals surface area (Å²) in [5.74, 6) is -2.45. The Kier molecular flexibility index (Phi) is 8.05. The molecule has 2 amide bonds. The highest BCUT2D eigenvalue weighted by Crippen LogP contribution is 2.38. The number of anilines is 1. The highest BCUT2D eigenvalue weighted by molar-refractivity contribution is 9.10. The number of pyridine rings is 1. The fourth-order valence-electron chi connectivity index (χ4n) is 5.28. The van der Waals surface area contributed by atoms with Crippen molar-refractivity contribution in [2.75, 3.05) is 11.9 Å². The molecule has 2 aliphatic heterocycles. The second kappa shape index (κ2) is 11.5. The summed E-state index contributed by atoms with van der Waals surface area (Å²) in [7, 11) is 0. The lowest BCUT2D eigenvalue weighted by atomic mass is 9.92. The van der Waals surface area contributed by atoms with Gasteiger partial charge in [-0.25, -0.2) is 9.18 Å². The van der Waals surface area contributed by atoms with Crippen LogP contribution in [0, 0.1) is 11.7 Å². The van der Waals surface area contributed by atoms with Gasteiger partial charge in [-0.3, -0.25) is 14.6 Å². The van der Waals surface area contributed by atoms with Gasteiger partial charge in [-0.15, -0.1) is 0 Å². The van der Waals surface area contributed by atoms with Gasteiger partial charge in [0.05, 0.1) is 22.3 Å². The molecule has 2 bridgehead atoms. The Morgan fingerprint density at radius 3 is 2.73 bits per heavy atom. The number of fused-ring (bicyclic) bond motifs is 4. The number of carboxylic acid groups (broad SMARTS) is 1. The van der Waals surface area contributed by atoms with E-state index in [2.05, 4.69) is 26.2 Å². The molecule has 0 radical (unpaired) electrons. The molecule has 0 fully saturated rings. The number of hydrogen-bond acceptors (Lipinski definition) is 4. The second-order valence-electron chi connectivity index (χ2n) is 10.0. The summed E-state index contributed by atoms with van der Waals surface area (Å²) in [5, 5.41) is 12.4. The van der Waals surface area contributed by atoms with E-state index in [0.29, 0.717) is 59.2 Å². The monoisotopic (exact) mass is 625 g/mol. The number of carboxylic acids is 1.